The fraction of sp³-hybridized carbons (Fsp3) is 0.688. The standard InChI is InChI=1S/C16H23N5O/c1-20-15-13(8-17-20)16(22)19-14(18-15)10-21-7-6-11-4-2-3-5-12(11)9-21/h8,11-12H,2-7,9-10H2,1H3,(H,18,19,22)/t11-,12-/m1/s1. The highest BCUT2D eigenvalue weighted by atomic mass is 16.1. The minimum atomic E-state index is -0.0827. The molecule has 1 saturated heterocycles. The molecule has 3 heterocycles. The molecule has 1 saturated carbocycles. The molecule has 118 valence electrons. The van der Waals surface area contributed by atoms with E-state index in [1.165, 1.54) is 32.1 Å². The summed E-state index contributed by atoms with van der Waals surface area (Å²) in [5.41, 5.74) is 0.590. The Morgan fingerprint density at radius 1 is 1.27 bits per heavy atom. The topological polar surface area (TPSA) is 66.8 Å². The molecule has 2 atom stereocenters. The summed E-state index contributed by atoms with van der Waals surface area (Å²) in [6.07, 6.45) is 8.44. The van der Waals surface area contributed by atoms with Crippen molar-refractivity contribution in [3.05, 3.63) is 22.4 Å². The van der Waals surface area contributed by atoms with Gasteiger partial charge in [-0.15, -0.1) is 0 Å². The number of nitrogens with one attached hydrogen (secondary N) is 1. The summed E-state index contributed by atoms with van der Waals surface area (Å²) in [5.74, 6) is 2.53. The van der Waals surface area contributed by atoms with Gasteiger partial charge in [-0.05, 0) is 31.2 Å². The smallest absolute Gasteiger partial charge is 0.262 e. The van der Waals surface area contributed by atoms with E-state index in [0.29, 0.717) is 11.0 Å². The van der Waals surface area contributed by atoms with Crippen LogP contribution in [0, 0.1) is 11.8 Å². The summed E-state index contributed by atoms with van der Waals surface area (Å²) in [7, 11) is 1.83. The lowest BCUT2D eigenvalue weighted by atomic mass is 9.75. The predicted octanol–water partition coefficient (Wildman–Crippen LogP) is 1.67. The molecule has 2 aromatic heterocycles. The average molecular weight is 301 g/mol. The van der Waals surface area contributed by atoms with E-state index < -0.39 is 0 Å². The molecule has 0 radical (unpaired) electrons. The lowest BCUT2D eigenvalue weighted by Crippen LogP contribution is -2.41. The van der Waals surface area contributed by atoms with E-state index in [0.717, 1.165) is 37.3 Å². The number of aromatic nitrogens is 4. The van der Waals surface area contributed by atoms with Gasteiger partial charge in [-0.1, -0.05) is 19.3 Å². The van der Waals surface area contributed by atoms with Crippen molar-refractivity contribution in [1.29, 1.82) is 0 Å². The molecule has 0 bridgehead atoms. The molecule has 6 nitrogen and oxygen atoms in total. The average Bonchev–Trinajstić information content (AvgIpc) is 2.89. The van der Waals surface area contributed by atoms with Crippen LogP contribution in [0.2, 0.25) is 0 Å². The first-order valence-electron chi connectivity index (χ1n) is 8.34. The van der Waals surface area contributed by atoms with Crippen LogP contribution in [0.5, 0.6) is 0 Å². The van der Waals surface area contributed by atoms with E-state index in [4.69, 9.17) is 0 Å². The van der Waals surface area contributed by atoms with Crippen molar-refractivity contribution in [1.82, 2.24) is 24.6 Å². The second-order valence-electron chi connectivity index (χ2n) is 6.85. The fourth-order valence-electron chi connectivity index (χ4n) is 4.18. The Balaban J connectivity index is 1.53. The van der Waals surface area contributed by atoms with Crippen molar-refractivity contribution in [3.63, 3.8) is 0 Å². The first kappa shape index (κ1) is 13.9. The first-order chi connectivity index (χ1) is 10.7. The number of piperidine rings is 1. The lowest BCUT2D eigenvalue weighted by Gasteiger charge is -2.41. The van der Waals surface area contributed by atoms with Crippen molar-refractivity contribution in [2.45, 2.75) is 38.6 Å². The van der Waals surface area contributed by atoms with Crippen LogP contribution in [0.1, 0.15) is 37.9 Å². The number of H-pyrrole nitrogens is 1. The molecular formula is C16H23N5O. The first-order valence-corrected chi connectivity index (χ1v) is 8.34. The van der Waals surface area contributed by atoms with Crippen LogP contribution in [0.25, 0.3) is 11.0 Å². The molecule has 0 amide bonds. The molecule has 2 aromatic rings. The molecular weight excluding hydrogens is 278 g/mol. The van der Waals surface area contributed by atoms with E-state index >= 15 is 0 Å². The van der Waals surface area contributed by atoms with Crippen LogP contribution in [-0.2, 0) is 13.6 Å². The van der Waals surface area contributed by atoms with E-state index in [-0.39, 0.29) is 5.56 Å². The van der Waals surface area contributed by atoms with Crippen LogP contribution in [0.4, 0.5) is 0 Å². The molecule has 1 N–H and O–H groups in total. The number of aryl methyl sites for hydroxylation is 1. The summed E-state index contributed by atoms with van der Waals surface area (Å²) >= 11 is 0. The molecule has 22 heavy (non-hydrogen) atoms. The van der Waals surface area contributed by atoms with Crippen LogP contribution in [-0.4, -0.2) is 37.7 Å². The zero-order valence-corrected chi connectivity index (χ0v) is 13.1. The second kappa shape index (κ2) is 5.50. The maximum atomic E-state index is 12.1. The van der Waals surface area contributed by atoms with Gasteiger partial charge in [0.1, 0.15) is 11.2 Å². The number of hydrogen-bond donors (Lipinski definition) is 1. The van der Waals surface area contributed by atoms with Gasteiger partial charge >= 0.3 is 0 Å². The molecule has 2 aliphatic rings. The molecule has 0 spiro atoms. The van der Waals surface area contributed by atoms with Crippen molar-refractivity contribution < 1.29 is 0 Å². The number of nitrogens with zero attached hydrogens (tertiary/aromatic N) is 4. The van der Waals surface area contributed by atoms with Gasteiger partial charge < -0.3 is 4.98 Å². The van der Waals surface area contributed by atoms with Gasteiger partial charge in [0.15, 0.2) is 5.65 Å². The van der Waals surface area contributed by atoms with E-state index in [1.807, 2.05) is 7.05 Å². The predicted molar refractivity (Wildman–Crippen MR) is 84.5 cm³/mol. The Labute approximate surface area is 129 Å². The third kappa shape index (κ3) is 2.45. The second-order valence-corrected chi connectivity index (χ2v) is 6.85. The Bertz CT molecular complexity index is 734. The van der Waals surface area contributed by atoms with Crippen molar-refractivity contribution in [2.75, 3.05) is 13.1 Å². The van der Waals surface area contributed by atoms with E-state index in [2.05, 4.69) is 20.0 Å². The number of hydrogen-bond acceptors (Lipinski definition) is 4. The molecule has 1 aliphatic carbocycles. The largest absolute Gasteiger partial charge is 0.309 e. The Morgan fingerprint density at radius 2 is 2.09 bits per heavy atom. The van der Waals surface area contributed by atoms with Crippen LogP contribution in [0.15, 0.2) is 11.0 Å². The summed E-state index contributed by atoms with van der Waals surface area (Å²) in [6.45, 7) is 3.01. The normalized spacial score (nSPS) is 26.2. The Hall–Kier alpha value is -1.69. The summed E-state index contributed by atoms with van der Waals surface area (Å²) in [6, 6.07) is 0. The lowest BCUT2D eigenvalue weighted by molar-refractivity contribution is 0.0803. The highest BCUT2D eigenvalue weighted by Gasteiger charge is 2.31. The van der Waals surface area contributed by atoms with Crippen molar-refractivity contribution in [3.8, 4) is 0 Å². The maximum Gasteiger partial charge on any atom is 0.262 e. The summed E-state index contributed by atoms with van der Waals surface area (Å²) in [4.78, 5) is 22.1. The quantitative estimate of drug-likeness (QED) is 0.916. The van der Waals surface area contributed by atoms with Gasteiger partial charge in [0.05, 0.1) is 12.7 Å². The van der Waals surface area contributed by atoms with Crippen LogP contribution in [0.3, 0.4) is 0 Å². The molecule has 2 fully saturated rings. The van der Waals surface area contributed by atoms with Crippen LogP contribution < -0.4 is 5.56 Å². The SMILES string of the molecule is Cn1ncc2c(=O)[nH]c(CN3CC[C@H]4CCCC[C@@H]4C3)nc21. The molecule has 0 aromatic carbocycles. The molecule has 0 unspecified atom stereocenters. The minimum absolute atomic E-state index is 0.0827. The maximum absolute atomic E-state index is 12.1. The van der Waals surface area contributed by atoms with Gasteiger partial charge in [-0.2, -0.15) is 5.10 Å². The summed E-state index contributed by atoms with van der Waals surface area (Å²) < 4.78 is 1.67. The third-order valence-electron chi connectivity index (χ3n) is 5.40. The number of fused-ring (bicyclic) bond motifs is 2. The molecule has 6 heteroatoms. The Kier molecular flexibility index (Phi) is 3.48. The molecule has 1 aliphatic heterocycles. The van der Waals surface area contributed by atoms with Crippen molar-refractivity contribution in [2.24, 2.45) is 18.9 Å². The van der Waals surface area contributed by atoms with Gasteiger partial charge in [0.25, 0.3) is 5.56 Å². The van der Waals surface area contributed by atoms with E-state index in [1.54, 1.807) is 10.9 Å². The minimum Gasteiger partial charge on any atom is -0.309 e. The van der Waals surface area contributed by atoms with Gasteiger partial charge in [-0.3, -0.25) is 14.4 Å². The number of aromatic amines is 1. The van der Waals surface area contributed by atoms with Gasteiger partial charge in [-0.25, -0.2) is 4.98 Å². The number of likely N-dealkylation sites (tertiary alicyclic amines) is 1. The van der Waals surface area contributed by atoms with Crippen molar-refractivity contribution >= 4 is 11.0 Å². The highest BCUT2D eigenvalue weighted by molar-refractivity contribution is 5.72. The summed E-state index contributed by atoms with van der Waals surface area (Å²) in [5, 5.41) is 4.69. The third-order valence-corrected chi connectivity index (χ3v) is 5.40. The van der Waals surface area contributed by atoms with E-state index in [9.17, 15) is 4.79 Å². The van der Waals surface area contributed by atoms with Gasteiger partial charge in [0.2, 0.25) is 0 Å². The zero-order valence-electron chi connectivity index (χ0n) is 13.1. The number of rotatable bonds is 2. The zero-order chi connectivity index (χ0) is 15.1. The fourth-order valence-corrected chi connectivity index (χ4v) is 4.18. The monoisotopic (exact) mass is 301 g/mol. The van der Waals surface area contributed by atoms with Gasteiger partial charge in [0, 0.05) is 13.6 Å². The Morgan fingerprint density at radius 3 is 2.95 bits per heavy atom. The molecule has 4 rings (SSSR count). The highest BCUT2D eigenvalue weighted by Crippen LogP contribution is 2.36. The van der Waals surface area contributed by atoms with Crippen LogP contribution >= 0.6 is 0 Å².